The van der Waals surface area contributed by atoms with E-state index in [0.717, 1.165) is 11.8 Å². The predicted octanol–water partition coefficient (Wildman–Crippen LogP) is 3.56. The maximum Gasteiger partial charge on any atom is 0.192 e. The Bertz CT molecular complexity index is 748. The van der Waals surface area contributed by atoms with Crippen LogP contribution in [0.2, 0.25) is 0 Å². The van der Waals surface area contributed by atoms with Crippen LogP contribution < -0.4 is 5.32 Å². The molecule has 0 saturated carbocycles. The van der Waals surface area contributed by atoms with Crippen LogP contribution in [0.5, 0.6) is 0 Å². The Morgan fingerprint density at radius 1 is 1.29 bits per heavy atom. The van der Waals surface area contributed by atoms with E-state index in [1.165, 1.54) is 24.4 Å². The van der Waals surface area contributed by atoms with Gasteiger partial charge < -0.3 is 5.32 Å². The van der Waals surface area contributed by atoms with E-state index in [0.29, 0.717) is 10.2 Å². The number of hydrogen-bond acceptors (Lipinski definition) is 4. The van der Waals surface area contributed by atoms with Gasteiger partial charge in [-0.15, -0.1) is 0 Å². The first kappa shape index (κ1) is 15.9. The molecule has 0 saturated heterocycles. The Balaban J connectivity index is 2.18. The molecule has 2 rings (SSSR count). The highest BCUT2D eigenvalue weighted by molar-refractivity contribution is 9.10. The second kappa shape index (κ2) is 6.11. The lowest BCUT2D eigenvalue weighted by Gasteiger charge is -2.17. The summed E-state index contributed by atoms with van der Waals surface area (Å²) in [4.78, 5) is 3.91. The van der Waals surface area contributed by atoms with Crippen molar-refractivity contribution in [3.05, 3.63) is 52.4 Å². The second-order valence-electron chi connectivity index (χ2n) is 4.69. The predicted molar refractivity (Wildman–Crippen MR) is 83.5 cm³/mol. The summed E-state index contributed by atoms with van der Waals surface area (Å²) in [6.07, 6.45) is 2.57. The van der Waals surface area contributed by atoms with Gasteiger partial charge in [-0.25, -0.2) is 17.8 Å². The zero-order chi connectivity index (χ0) is 15.6. The van der Waals surface area contributed by atoms with Gasteiger partial charge in [-0.1, -0.05) is 22.0 Å². The van der Waals surface area contributed by atoms with E-state index in [-0.39, 0.29) is 16.9 Å². The molecule has 0 aliphatic carbocycles. The van der Waals surface area contributed by atoms with E-state index in [1.54, 1.807) is 12.1 Å². The highest BCUT2D eigenvalue weighted by Gasteiger charge is 2.12. The van der Waals surface area contributed by atoms with Gasteiger partial charge in [0.2, 0.25) is 0 Å². The van der Waals surface area contributed by atoms with Crippen molar-refractivity contribution in [1.82, 2.24) is 4.98 Å². The number of aromatic nitrogens is 1. The summed E-state index contributed by atoms with van der Waals surface area (Å²) in [5.41, 5.74) is 1.58. The summed E-state index contributed by atoms with van der Waals surface area (Å²) in [6.45, 7) is 1.92. The first-order chi connectivity index (χ1) is 9.77. The lowest BCUT2D eigenvalue weighted by atomic mass is 10.1. The summed E-state index contributed by atoms with van der Waals surface area (Å²) in [7, 11) is -3.30. The topological polar surface area (TPSA) is 59.1 Å². The van der Waals surface area contributed by atoms with Crippen molar-refractivity contribution < 1.29 is 12.8 Å². The lowest BCUT2D eigenvalue weighted by Crippen LogP contribution is -2.08. The van der Waals surface area contributed by atoms with Gasteiger partial charge in [0.05, 0.1) is 11.9 Å². The maximum atomic E-state index is 13.1. The third-order valence-corrected chi connectivity index (χ3v) is 4.62. The molecule has 0 spiro atoms. The van der Waals surface area contributed by atoms with Crippen LogP contribution in [-0.2, 0) is 9.84 Å². The highest BCUT2D eigenvalue weighted by atomic mass is 79.9. The van der Waals surface area contributed by atoms with Crippen molar-refractivity contribution in [2.45, 2.75) is 18.0 Å². The zero-order valence-corrected chi connectivity index (χ0v) is 13.9. The van der Waals surface area contributed by atoms with Gasteiger partial charge in [0, 0.05) is 16.8 Å². The Morgan fingerprint density at radius 3 is 2.52 bits per heavy atom. The number of halogens is 2. The van der Waals surface area contributed by atoms with E-state index < -0.39 is 9.84 Å². The van der Waals surface area contributed by atoms with Crippen LogP contribution in [0.3, 0.4) is 0 Å². The van der Waals surface area contributed by atoms with Gasteiger partial charge >= 0.3 is 0 Å². The minimum Gasteiger partial charge on any atom is -0.377 e. The van der Waals surface area contributed by atoms with Crippen LogP contribution in [0.25, 0.3) is 0 Å². The summed E-state index contributed by atoms with van der Waals surface area (Å²) in [5, 5.41) is 3.22. The van der Waals surface area contributed by atoms with Crippen LogP contribution in [0, 0.1) is 5.82 Å². The fraction of sp³-hybridized carbons (Fsp3) is 0.214. The van der Waals surface area contributed by atoms with Crippen LogP contribution in [0.15, 0.2) is 46.0 Å². The average Bonchev–Trinajstić information content (AvgIpc) is 2.38. The van der Waals surface area contributed by atoms with E-state index in [9.17, 15) is 12.8 Å². The van der Waals surface area contributed by atoms with Crippen LogP contribution in [-0.4, -0.2) is 19.7 Å². The molecule has 1 aromatic carbocycles. The molecule has 0 aliphatic rings. The Morgan fingerprint density at radius 2 is 2.00 bits per heavy atom. The SMILES string of the molecule is CC(Nc1ccc(S(C)(=O)=O)nc1)c1ccc(F)cc1Br. The third kappa shape index (κ3) is 4.01. The highest BCUT2D eigenvalue weighted by Crippen LogP contribution is 2.27. The van der Waals surface area contributed by atoms with Crippen molar-refractivity contribution >= 4 is 31.5 Å². The molecule has 0 aliphatic heterocycles. The van der Waals surface area contributed by atoms with Gasteiger partial charge in [-0.2, -0.15) is 0 Å². The summed E-state index contributed by atoms with van der Waals surface area (Å²) in [6, 6.07) is 7.49. The smallest absolute Gasteiger partial charge is 0.192 e. The van der Waals surface area contributed by atoms with Crippen molar-refractivity contribution in [1.29, 1.82) is 0 Å². The molecule has 2 aromatic rings. The largest absolute Gasteiger partial charge is 0.377 e. The fourth-order valence-electron chi connectivity index (χ4n) is 1.87. The molecule has 0 radical (unpaired) electrons. The third-order valence-electron chi connectivity index (χ3n) is 2.93. The van der Waals surface area contributed by atoms with E-state index in [2.05, 4.69) is 26.2 Å². The molecule has 112 valence electrons. The van der Waals surface area contributed by atoms with Gasteiger partial charge in [0.1, 0.15) is 5.82 Å². The molecule has 1 atom stereocenters. The standard InChI is InChI=1S/C14H14BrFN2O2S/c1-9(12-5-3-10(16)7-13(12)15)18-11-4-6-14(17-8-11)21(2,19)20/h3-9,18H,1-2H3. The van der Waals surface area contributed by atoms with Crippen LogP contribution in [0.4, 0.5) is 10.1 Å². The molecule has 1 N–H and O–H groups in total. The van der Waals surface area contributed by atoms with Gasteiger partial charge in [0.25, 0.3) is 0 Å². The van der Waals surface area contributed by atoms with Crippen LogP contribution >= 0.6 is 15.9 Å². The molecule has 0 fully saturated rings. The Hall–Kier alpha value is -1.47. The van der Waals surface area contributed by atoms with Gasteiger partial charge in [0.15, 0.2) is 14.9 Å². The van der Waals surface area contributed by atoms with Gasteiger partial charge in [-0.3, -0.25) is 0 Å². The van der Waals surface area contributed by atoms with Crippen molar-refractivity contribution in [3.8, 4) is 0 Å². The molecular weight excluding hydrogens is 359 g/mol. The van der Waals surface area contributed by atoms with Crippen molar-refractivity contribution in [2.24, 2.45) is 0 Å². The second-order valence-corrected chi connectivity index (χ2v) is 7.51. The molecule has 21 heavy (non-hydrogen) atoms. The molecule has 4 nitrogen and oxygen atoms in total. The number of sulfone groups is 1. The minimum atomic E-state index is -3.30. The van der Waals surface area contributed by atoms with Crippen LogP contribution in [0.1, 0.15) is 18.5 Å². The zero-order valence-electron chi connectivity index (χ0n) is 11.5. The van der Waals surface area contributed by atoms with Crippen molar-refractivity contribution in [3.63, 3.8) is 0 Å². The number of anilines is 1. The molecule has 7 heteroatoms. The first-order valence-electron chi connectivity index (χ1n) is 6.15. The summed E-state index contributed by atoms with van der Waals surface area (Å²) in [5.74, 6) is -0.308. The van der Waals surface area contributed by atoms with Gasteiger partial charge in [-0.05, 0) is 36.8 Å². The number of nitrogens with one attached hydrogen (secondary N) is 1. The lowest BCUT2D eigenvalue weighted by molar-refractivity contribution is 0.598. The summed E-state index contributed by atoms with van der Waals surface area (Å²) >= 11 is 3.32. The number of pyridine rings is 1. The maximum absolute atomic E-state index is 13.1. The minimum absolute atomic E-state index is 0.0312. The Kier molecular flexibility index (Phi) is 4.63. The summed E-state index contributed by atoms with van der Waals surface area (Å²) < 4.78 is 36.4. The molecular formula is C14H14BrFN2O2S. The number of nitrogens with zero attached hydrogens (tertiary/aromatic N) is 1. The van der Waals surface area contributed by atoms with E-state index >= 15 is 0 Å². The number of benzene rings is 1. The molecule has 0 amide bonds. The van der Waals surface area contributed by atoms with E-state index in [4.69, 9.17) is 0 Å². The number of hydrogen-bond donors (Lipinski definition) is 1. The molecule has 1 aromatic heterocycles. The molecule has 1 unspecified atom stereocenters. The number of rotatable bonds is 4. The quantitative estimate of drug-likeness (QED) is 0.891. The normalized spacial score (nSPS) is 13.0. The fourth-order valence-corrected chi connectivity index (χ4v) is 3.12. The molecule has 0 bridgehead atoms. The monoisotopic (exact) mass is 372 g/mol. The first-order valence-corrected chi connectivity index (χ1v) is 8.83. The Labute approximate surface area is 131 Å². The average molecular weight is 373 g/mol. The van der Waals surface area contributed by atoms with Crippen molar-refractivity contribution in [2.75, 3.05) is 11.6 Å². The van der Waals surface area contributed by atoms with E-state index in [1.807, 2.05) is 6.92 Å². The molecule has 1 heterocycles.